The fourth-order valence-electron chi connectivity index (χ4n) is 6.94. The molecule has 5 rings (SSSR count). The number of carbonyl (C=O) groups excluding carboxylic acids is 3. The summed E-state index contributed by atoms with van der Waals surface area (Å²) >= 11 is 0. The molecule has 0 unspecified atom stereocenters. The lowest BCUT2D eigenvalue weighted by molar-refractivity contribution is -0.182. The van der Waals surface area contributed by atoms with Gasteiger partial charge >= 0.3 is 35.8 Å². The number of rotatable bonds is 12. The molecular weight excluding hydrogens is 618 g/mol. The molecule has 2 aliphatic heterocycles. The largest absolute Gasteiger partial charge is 0.504 e. The molecule has 2 heterocycles. The van der Waals surface area contributed by atoms with E-state index in [2.05, 4.69) is 4.74 Å². The molecule has 0 saturated carbocycles. The Hall–Kier alpha value is -4.74. The Labute approximate surface area is 259 Å². The topological polar surface area (TPSA) is 264 Å². The maximum absolute atomic E-state index is 13.2. The number of likely N-dealkylation sites (tertiary alicyclic amines) is 1. The monoisotopic (exact) mass is 649 g/mol. The number of aliphatic hydroxyl groups excluding tert-OH is 1. The SMILES string of the molecule is CN1CC[C@]23c4c5ccc(O)c4O[C@H]2C(OC(=O)C[C@H](OC(=O)C[C@H](O)C(=O)O)C(=O)O[C@H](CC(=O)O)C(=O)O)=CC[C@@]3(O)[C@@H]1C5. The van der Waals surface area contributed by atoms with Crippen LogP contribution in [0.5, 0.6) is 11.5 Å². The van der Waals surface area contributed by atoms with Gasteiger partial charge in [0.05, 0.1) is 30.3 Å². The molecule has 1 spiro atoms. The minimum atomic E-state index is -2.24. The average molecular weight is 650 g/mol. The van der Waals surface area contributed by atoms with Crippen LogP contribution in [0.2, 0.25) is 0 Å². The molecule has 6 N–H and O–H groups in total. The standard InChI is InChI=1S/C29H31NO16/c1-30-7-6-28-22-12-2-3-13(31)23(22)46-24(28)15(4-5-29(28,42)18(30)8-12)43-21(36)11-17(44-20(35)9-14(32)25(37)38)27(41)45-16(26(39)40)10-19(33)34/h2-4,14,16-18,24,31-32,42H,5-11H2,1H3,(H,33,34)(H,37,38)(H,39,40)/t14-,16+,17-,18-,24-,28-,29+/m0/s1. The molecule has 46 heavy (non-hydrogen) atoms. The third-order valence-corrected chi connectivity index (χ3v) is 9.01. The van der Waals surface area contributed by atoms with Gasteiger partial charge in [0.1, 0.15) is 5.76 Å². The number of hydrogen-bond donors (Lipinski definition) is 6. The Morgan fingerprint density at radius 1 is 1.00 bits per heavy atom. The summed E-state index contributed by atoms with van der Waals surface area (Å²) in [6.45, 7) is 0.537. The molecule has 1 saturated heterocycles. The van der Waals surface area contributed by atoms with Gasteiger partial charge in [-0.2, -0.15) is 0 Å². The molecule has 4 aliphatic rings. The van der Waals surface area contributed by atoms with E-state index < -0.39 is 90.5 Å². The number of likely N-dealkylation sites (N-methyl/N-ethyl adjacent to an activating group) is 1. The van der Waals surface area contributed by atoms with E-state index in [0.717, 1.165) is 5.56 Å². The second-order valence-electron chi connectivity index (χ2n) is 11.7. The highest BCUT2D eigenvalue weighted by molar-refractivity contribution is 5.88. The lowest BCUT2D eigenvalue weighted by Crippen LogP contribution is -2.74. The Kier molecular flexibility index (Phi) is 8.43. The van der Waals surface area contributed by atoms with Gasteiger partial charge in [-0.25, -0.2) is 14.4 Å². The first-order valence-corrected chi connectivity index (χ1v) is 14.2. The molecule has 17 heteroatoms. The van der Waals surface area contributed by atoms with Crippen LogP contribution in [-0.2, 0) is 54.8 Å². The number of phenols is 1. The average Bonchev–Trinajstić information content (AvgIpc) is 3.33. The molecule has 0 amide bonds. The van der Waals surface area contributed by atoms with Crippen LogP contribution >= 0.6 is 0 Å². The molecule has 1 aromatic carbocycles. The van der Waals surface area contributed by atoms with Crippen molar-refractivity contribution in [3.05, 3.63) is 35.1 Å². The summed E-state index contributed by atoms with van der Waals surface area (Å²) in [5.41, 5.74) is -1.05. The number of aliphatic carboxylic acids is 3. The highest BCUT2D eigenvalue weighted by Gasteiger charge is 2.72. The van der Waals surface area contributed by atoms with Crippen molar-refractivity contribution >= 4 is 35.8 Å². The van der Waals surface area contributed by atoms with Crippen molar-refractivity contribution in [2.75, 3.05) is 13.6 Å². The molecule has 17 nitrogen and oxygen atoms in total. The fraction of sp³-hybridized carbons (Fsp3) is 0.517. The first-order valence-electron chi connectivity index (χ1n) is 14.2. The number of esters is 3. The van der Waals surface area contributed by atoms with Crippen LogP contribution in [0.3, 0.4) is 0 Å². The first-order chi connectivity index (χ1) is 21.6. The van der Waals surface area contributed by atoms with Gasteiger partial charge in [0, 0.05) is 18.0 Å². The van der Waals surface area contributed by atoms with Crippen molar-refractivity contribution in [3.63, 3.8) is 0 Å². The zero-order valence-electron chi connectivity index (χ0n) is 24.3. The molecule has 2 bridgehead atoms. The Morgan fingerprint density at radius 2 is 1.72 bits per heavy atom. The first kappa shape index (κ1) is 32.6. The summed E-state index contributed by atoms with van der Waals surface area (Å²) in [5, 5.41) is 59.4. The molecule has 0 aromatic heterocycles. The number of aliphatic hydroxyl groups is 2. The number of carboxylic acid groups (broad SMARTS) is 3. The van der Waals surface area contributed by atoms with E-state index in [4.69, 9.17) is 24.4 Å². The molecule has 2 aliphatic carbocycles. The van der Waals surface area contributed by atoms with E-state index in [-0.39, 0.29) is 29.7 Å². The molecule has 1 aromatic rings. The lowest BCUT2D eigenvalue weighted by atomic mass is 9.50. The number of carbonyl (C=O) groups is 6. The second-order valence-corrected chi connectivity index (χ2v) is 11.7. The summed E-state index contributed by atoms with van der Waals surface area (Å²) in [6, 6.07) is 2.88. The van der Waals surface area contributed by atoms with E-state index in [1.165, 1.54) is 12.1 Å². The predicted molar refractivity (Wildman–Crippen MR) is 145 cm³/mol. The van der Waals surface area contributed by atoms with Gasteiger partial charge in [0.25, 0.3) is 0 Å². The number of benzene rings is 1. The van der Waals surface area contributed by atoms with Crippen molar-refractivity contribution in [2.45, 2.75) is 80.0 Å². The molecular formula is C29H31NO16. The quantitative estimate of drug-likeness (QED) is 0.115. The van der Waals surface area contributed by atoms with Gasteiger partial charge in [-0.3, -0.25) is 14.4 Å². The smallest absolute Gasteiger partial charge is 0.348 e. The highest BCUT2D eigenvalue weighted by Crippen LogP contribution is 2.65. The van der Waals surface area contributed by atoms with Crippen LogP contribution in [0.25, 0.3) is 0 Å². The summed E-state index contributed by atoms with van der Waals surface area (Å²) in [5.74, 6) is -9.77. The van der Waals surface area contributed by atoms with E-state index in [1.54, 1.807) is 6.07 Å². The van der Waals surface area contributed by atoms with E-state index in [0.29, 0.717) is 24.9 Å². The van der Waals surface area contributed by atoms with Crippen molar-refractivity contribution in [1.82, 2.24) is 4.90 Å². The Morgan fingerprint density at radius 3 is 2.37 bits per heavy atom. The van der Waals surface area contributed by atoms with Gasteiger partial charge in [-0.05, 0) is 44.1 Å². The third kappa shape index (κ3) is 5.39. The van der Waals surface area contributed by atoms with Crippen LogP contribution in [0.15, 0.2) is 24.0 Å². The Balaban J connectivity index is 1.40. The zero-order valence-corrected chi connectivity index (χ0v) is 24.3. The molecule has 0 radical (unpaired) electrons. The number of aromatic hydroxyl groups is 1. The third-order valence-electron chi connectivity index (χ3n) is 9.01. The summed E-state index contributed by atoms with van der Waals surface area (Å²) < 4.78 is 21.3. The van der Waals surface area contributed by atoms with E-state index in [9.17, 15) is 49.2 Å². The van der Waals surface area contributed by atoms with Crippen molar-refractivity contribution in [1.29, 1.82) is 0 Å². The maximum atomic E-state index is 13.2. The highest BCUT2D eigenvalue weighted by atomic mass is 16.6. The van der Waals surface area contributed by atoms with Gasteiger partial charge < -0.3 is 54.5 Å². The van der Waals surface area contributed by atoms with E-state index >= 15 is 0 Å². The maximum Gasteiger partial charge on any atom is 0.348 e. The minimum Gasteiger partial charge on any atom is -0.504 e. The number of carboxylic acids is 3. The second kappa shape index (κ2) is 11.9. The Bertz CT molecular complexity index is 1540. The van der Waals surface area contributed by atoms with Crippen molar-refractivity contribution in [2.24, 2.45) is 0 Å². The van der Waals surface area contributed by atoms with Crippen LogP contribution in [0, 0.1) is 0 Å². The van der Waals surface area contributed by atoms with Gasteiger partial charge in [0.2, 0.25) is 12.2 Å². The van der Waals surface area contributed by atoms with Gasteiger partial charge in [-0.15, -0.1) is 0 Å². The van der Waals surface area contributed by atoms with Gasteiger partial charge in [0.15, 0.2) is 23.7 Å². The predicted octanol–water partition coefficient (Wildman–Crippen LogP) is -1.18. The van der Waals surface area contributed by atoms with Crippen molar-refractivity contribution < 1.29 is 78.4 Å². The number of ether oxygens (including phenoxy) is 4. The number of hydrogen-bond acceptors (Lipinski definition) is 14. The zero-order chi connectivity index (χ0) is 33.7. The summed E-state index contributed by atoms with van der Waals surface area (Å²) in [4.78, 5) is 73.8. The van der Waals surface area contributed by atoms with Crippen LogP contribution in [0.1, 0.15) is 43.2 Å². The van der Waals surface area contributed by atoms with Gasteiger partial charge in [-0.1, -0.05) is 6.07 Å². The molecule has 248 valence electrons. The number of piperidine rings is 1. The lowest BCUT2D eigenvalue weighted by Gasteiger charge is -2.61. The molecule has 1 fully saturated rings. The minimum absolute atomic E-state index is 0.0159. The van der Waals surface area contributed by atoms with E-state index in [1.807, 2.05) is 11.9 Å². The fourth-order valence-corrected chi connectivity index (χ4v) is 6.94. The van der Waals surface area contributed by atoms with Crippen LogP contribution in [0.4, 0.5) is 0 Å². The number of nitrogens with zero attached hydrogens (tertiary/aromatic N) is 1. The molecule has 7 atom stereocenters. The number of phenolic OH excluding ortho intramolecular Hbond substituents is 1. The van der Waals surface area contributed by atoms with Crippen LogP contribution < -0.4 is 4.74 Å². The van der Waals surface area contributed by atoms with Crippen LogP contribution in [-0.4, -0.2) is 121 Å². The normalized spacial score (nSPS) is 27.5. The van der Waals surface area contributed by atoms with Crippen molar-refractivity contribution in [3.8, 4) is 11.5 Å². The summed E-state index contributed by atoms with van der Waals surface area (Å²) in [6.07, 6.45) is -8.96. The summed E-state index contributed by atoms with van der Waals surface area (Å²) in [7, 11) is 1.88.